The van der Waals surface area contributed by atoms with Crippen molar-refractivity contribution in [3.63, 3.8) is 0 Å². The highest BCUT2D eigenvalue weighted by molar-refractivity contribution is 5.77. The maximum Gasteiger partial charge on any atom is 0.260 e. The molecule has 0 saturated carbocycles. The van der Waals surface area contributed by atoms with Gasteiger partial charge in [-0.25, -0.2) is 0 Å². The van der Waals surface area contributed by atoms with Crippen LogP contribution in [0.3, 0.4) is 0 Å². The second-order valence-electron chi connectivity index (χ2n) is 6.86. The van der Waals surface area contributed by atoms with Crippen LogP contribution in [-0.2, 0) is 17.8 Å². The van der Waals surface area contributed by atoms with E-state index in [-0.39, 0.29) is 12.5 Å². The second-order valence-corrected chi connectivity index (χ2v) is 6.86. The summed E-state index contributed by atoms with van der Waals surface area (Å²) in [7, 11) is 1.84. The molecule has 0 aliphatic carbocycles. The van der Waals surface area contributed by atoms with E-state index >= 15 is 0 Å². The van der Waals surface area contributed by atoms with Gasteiger partial charge in [-0.1, -0.05) is 37.3 Å². The minimum Gasteiger partial charge on any atom is -0.484 e. The van der Waals surface area contributed by atoms with E-state index in [9.17, 15) is 4.79 Å². The molecule has 4 heteroatoms. The number of para-hydroxylation sites is 1. The topological polar surface area (TPSA) is 32.8 Å². The number of anilines is 1. The Morgan fingerprint density at radius 3 is 2.46 bits per heavy atom. The lowest BCUT2D eigenvalue weighted by atomic mass is 10.1. The summed E-state index contributed by atoms with van der Waals surface area (Å²) in [6.07, 6.45) is 3.49. The molecule has 4 nitrogen and oxygen atoms in total. The van der Waals surface area contributed by atoms with Gasteiger partial charge >= 0.3 is 0 Å². The van der Waals surface area contributed by atoms with Crippen molar-refractivity contribution in [2.75, 3.05) is 31.6 Å². The van der Waals surface area contributed by atoms with E-state index in [2.05, 4.69) is 30.0 Å². The Kier molecular flexibility index (Phi) is 6.16. The number of amides is 1. The second kappa shape index (κ2) is 8.75. The van der Waals surface area contributed by atoms with Gasteiger partial charge in [0, 0.05) is 32.4 Å². The van der Waals surface area contributed by atoms with Gasteiger partial charge < -0.3 is 14.5 Å². The lowest BCUT2D eigenvalue weighted by molar-refractivity contribution is -0.132. The summed E-state index contributed by atoms with van der Waals surface area (Å²) in [5, 5.41) is 0. The van der Waals surface area contributed by atoms with E-state index in [0.29, 0.717) is 6.54 Å². The minimum absolute atomic E-state index is 0.0132. The highest BCUT2D eigenvalue weighted by atomic mass is 16.5. The molecule has 0 bridgehead atoms. The minimum atomic E-state index is -0.0132. The average molecular weight is 352 g/mol. The van der Waals surface area contributed by atoms with E-state index in [4.69, 9.17) is 4.74 Å². The zero-order valence-corrected chi connectivity index (χ0v) is 15.8. The summed E-state index contributed by atoms with van der Waals surface area (Å²) in [6, 6.07) is 16.3. The molecule has 1 saturated heterocycles. The van der Waals surface area contributed by atoms with E-state index in [1.807, 2.05) is 37.4 Å². The first-order valence-corrected chi connectivity index (χ1v) is 9.46. The molecular weight excluding hydrogens is 324 g/mol. The molecule has 1 aliphatic heterocycles. The molecule has 0 spiro atoms. The highest BCUT2D eigenvalue weighted by Crippen LogP contribution is 2.25. The first-order chi connectivity index (χ1) is 12.7. The van der Waals surface area contributed by atoms with Crippen LogP contribution in [0.5, 0.6) is 5.75 Å². The molecule has 0 N–H and O–H groups in total. The quantitative estimate of drug-likeness (QED) is 0.758. The van der Waals surface area contributed by atoms with Crippen LogP contribution in [0.15, 0.2) is 48.5 Å². The summed E-state index contributed by atoms with van der Waals surface area (Å²) < 4.78 is 5.65. The fraction of sp³-hybridized carbons (Fsp3) is 0.409. The van der Waals surface area contributed by atoms with Crippen LogP contribution in [0.4, 0.5) is 5.69 Å². The van der Waals surface area contributed by atoms with E-state index < -0.39 is 0 Å². The van der Waals surface area contributed by atoms with Crippen molar-refractivity contribution >= 4 is 11.6 Å². The van der Waals surface area contributed by atoms with Gasteiger partial charge in [0.2, 0.25) is 0 Å². The monoisotopic (exact) mass is 352 g/mol. The molecule has 1 heterocycles. The first kappa shape index (κ1) is 18.3. The van der Waals surface area contributed by atoms with E-state index in [1.165, 1.54) is 29.7 Å². The smallest absolute Gasteiger partial charge is 0.260 e. The van der Waals surface area contributed by atoms with E-state index in [1.54, 1.807) is 4.90 Å². The molecule has 1 aliphatic rings. The number of ether oxygens (including phenoxy) is 1. The molecule has 26 heavy (non-hydrogen) atoms. The van der Waals surface area contributed by atoms with Gasteiger partial charge in [-0.3, -0.25) is 4.79 Å². The SMILES string of the molecule is CCc1ccc(OCC(=O)N(C)Cc2ccccc2N2CCCC2)cc1. The molecule has 2 aromatic carbocycles. The predicted molar refractivity (Wildman–Crippen MR) is 106 cm³/mol. The molecule has 0 aromatic heterocycles. The normalized spacial score (nSPS) is 13.7. The summed E-state index contributed by atoms with van der Waals surface area (Å²) in [5.74, 6) is 0.724. The van der Waals surface area contributed by atoms with Crippen LogP contribution in [-0.4, -0.2) is 37.6 Å². The fourth-order valence-corrected chi connectivity index (χ4v) is 3.33. The summed E-state index contributed by atoms with van der Waals surface area (Å²) >= 11 is 0. The number of carbonyl (C=O) groups is 1. The Morgan fingerprint density at radius 1 is 1.08 bits per heavy atom. The Labute approximate surface area is 156 Å². The molecule has 3 rings (SSSR count). The largest absolute Gasteiger partial charge is 0.484 e. The number of hydrogen-bond donors (Lipinski definition) is 0. The molecule has 0 atom stereocenters. The Balaban J connectivity index is 1.57. The Bertz CT molecular complexity index is 721. The van der Waals surface area contributed by atoms with Gasteiger partial charge in [0.15, 0.2) is 6.61 Å². The Morgan fingerprint density at radius 2 is 1.77 bits per heavy atom. The van der Waals surface area contributed by atoms with Gasteiger partial charge in [0.1, 0.15) is 5.75 Å². The Hall–Kier alpha value is -2.49. The fourth-order valence-electron chi connectivity index (χ4n) is 3.33. The molecule has 1 amide bonds. The lowest BCUT2D eigenvalue weighted by Gasteiger charge is -2.24. The lowest BCUT2D eigenvalue weighted by Crippen LogP contribution is -2.31. The van der Waals surface area contributed by atoms with Crippen molar-refractivity contribution < 1.29 is 9.53 Å². The van der Waals surface area contributed by atoms with Crippen molar-refractivity contribution in [3.05, 3.63) is 59.7 Å². The third-order valence-electron chi connectivity index (χ3n) is 4.97. The van der Waals surface area contributed by atoms with Gasteiger partial charge in [0.25, 0.3) is 5.91 Å². The third kappa shape index (κ3) is 4.57. The maximum atomic E-state index is 12.5. The summed E-state index contributed by atoms with van der Waals surface area (Å²) in [4.78, 5) is 16.6. The van der Waals surface area contributed by atoms with Crippen LogP contribution in [0, 0.1) is 0 Å². The van der Waals surface area contributed by atoms with Crippen molar-refractivity contribution in [3.8, 4) is 5.75 Å². The number of nitrogens with zero attached hydrogens (tertiary/aromatic N) is 2. The van der Waals surface area contributed by atoms with Gasteiger partial charge in [-0.15, -0.1) is 0 Å². The van der Waals surface area contributed by atoms with Crippen molar-refractivity contribution in [2.24, 2.45) is 0 Å². The molecular formula is C22H28N2O2. The zero-order valence-electron chi connectivity index (χ0n) is 15.8. The molecule has 1 fully saturated rings. The van der Waals surface area contributed by atoms with Crippen molar-refractivity contribution in [1.82, 2.24) is 4.90 Å². The van der Waals surface area contributed by atoms with Crippen LogP contribution >= 0.6 is 0 Å². The number of aryl methyl sites for hydroxylation is 1. The van der Waals surface area contributed by atoms with Crippen LogP contribution in [0.25, 0.3) is 0 Å². The van der Waals surface area contributed by atoms with Crippen LogP contribution in [0.2, 0.25) is 0 Å². The summed E-state index contributed by atoms with van der Waals surface area (Å²) in [5.41, 5.74) is 3.71. The number of hydrogen-bond acceptors (Lipinski definition) is 3. The molecule has 2 aromatic rings. The number of rotatable bonds is 7. The zero-order chi connectivity index (χ0) is 18.4. The number of carbonyl (C=O) groups excluding carboxylic acids is 1. The first-order valence-electron chi connectivity index (χ1n) is 9.46. The molecule has 0 unspecified atom stereocenters. The van der Waals surface area contributed by atoms with Crippen LogP contribution < -0.4 is 9.64 Å². The third-order valence-corrected chi connectivity index (χ3v) is 4.97. The maximum absolute atomic E-state index is 12.5. The highest BCUT2D eigenvalue weighted by Gasteiger charge is 2.17. The molecule has 138 valence electrons. The van der Waals surface area contributed by atoms with Crippen LogP contribution in [0.1, 0.15) is 30.9 Å². The van der Waals surface area contributed by atoms with Gasteiger partial charge in [-0.05, 0) is 48.6 Å². The predicted octanol–water partition coefficient (Wildman–Crippen LogP) is 3.89. The number of benzene rings is 2. The summed E-state index contributed by atoms with van der Waals surface area (Å²) in [6.45, 7) is 4.99. The average Bonchev–Trinajstić information content (AvgIpc) is 3.21. The van der Waals surface area contributed by atoms with Crippen molar-refractivity contribution in [1.29, 1.82) is 0 Å². The number of likely N-dealkylation sites (N-methyl/N-ethyl adjacent to an activating group) is 1. The molecule has 0 radical (unpaired) electrons. The van der Waals surface area contributed by atoms with E-state index in [0.717, 1.165) is 25.3 Å². The van der Waals surface area contributed by atoms with Crippen molar-refractivity contribution in [2.45, 2.75) is 32.7 Å². The van der Waals surface area contributed by atoms with Gasteiger partial charge in [0.05, 0.1) is 0 Å². The van der Waals surface area contributed by atoms with Gasteiger partial charge in [-0.2, -0.15) is 0 Å². The standard InChI is InChI=1S/C22H28N2O2/c1-3-18-10-12-20(13-11-18)26-17-22(25)23(2)16-19-8-4-5-9-21(19)24-14-6-7-15-24/h4-5,8-13H,3,6-7,14-17H2,1-2H3.